The summed E-state index contributed by atoms with van der Waals surface area (Å²) in [6.07, 6.45) is 11.4. The van der Waals surface area contributed by atoms with E-state index in [9.17, 15) is 4.79 Å². The average Bonchev–Trinajstić information content (AvgIpc) is 3.14. The first-order valence-corrected chi connectivity index (χ1v) is 8.70. The molecule has 0 aromatic carbocycles. The lowest BCUT2D eigenvalue weighted by atomic mass is 9.86. The van der Waals surface area contributed by atoms with E-state index >= 15 is 0 Å². The van der Waals surface area contributed by atoms with E-state index in [1.54, 1.807) is 0 Å². The van der Waals surface area contributed by atoms with Crippen LogP contribution in [0.1, 0.15) is 57.8 Å². The van der Waals surface area contributed by atoms with Crippen LogP contribution in [0.3, 0.4) is 0 Å². The second kappa shape index (κ2) is 6.08. The van der Waals surface area contributed by atoms with E-state index in [1.165, 1.54) is 51.4 Å². The van der Waals surface area contributed by atoms with Crippen LogP contribution in [-0.4, -0.2) is 36.0 Å². The number of amides is 1. The Labute approximate surface area is 134 Å². The summed E-state index contributed by atoms with van der Waals surface area (Å²) in [7, 11) is 2.06. The van der Waals surface area contributed by atoms with Crippen LogP contribution >= 0.6 is 12.4 Å². The van der Waals surface area contributed by atoms with Crippen molar-refractivity contribution in [2.75, 3.05) is 7.05 Å². The van der Waals surface area contributed by atoms with Gasteiger partial charge in [-0.05, 0) is 62.7 Å². The molecule has 4 aliphatic rings. The first-order chi connectivity index (χ1) is 9.69. The van der Waals surface area contributed by atoms with Crippen molar-refractivity contribution in [3.05, 3.63) is 0 Å². The highest BCUT2D eigenvalue weighted by atomic mass is 35.5. The fourth-order valence-corrected chi connectivity index (χ4v) is 5.54. The Morgan fingerprint density at radius 1 is 1.05 bits per heavy atom. The lowest BCUT2D eigenvalue weighted by Gasteiger charge is -2.36. The standard InChI is InChI=1S/C17H28N2O.ClH/c1-19(16-9-14-4-5-15(10-16)18-14)17(20)8-13-7-11-2-3-12(13)6-11;/h11-16,18H,2-10H2,1H3;1H. The van der Waals surface area contributed by atoms with Gasteiger partial charge in [-0.2, -0.15) is 0 Å². The molecule has 1 amide bonds. The Balaban J connectivity index is 0.00000132. The predicted octanol–water partition coefficient (Wildman–Crippen LogP) is 2.98. The van der Waals surface area contributed by atoms with Gasteiger partial charge >= 0.3 is 0 Å². The number of halogens is 1. The van der Waals surface area contributed by atoms with Gasteiger partial charge in [0.25, 0.3) is 0 Å². The molecule has 0 aromatic rings. The Hall–Kier alpha value is -0.280. The van der Waals surface area contributed by atoms with Gasteiger partial charge in [0.05, 0.1) is 0 Å². The third-order valence-electron chi connectivity index (χ3n) is 6.71. The van der Waals surface area contributed by atoms with Crippen LogP contribution < -0.4 is 5.32 Å². The Morgan fingerprint density at radius 3 is 2.33 bits per heavy atom. The molecule has 4 heteroatoms. The van der Waals surface area contributed by atoms with E-state index in [4.69, 9.17) is 0 Å². The monoisotopic (exact) mass is 312 g/mol. The highest BCUT2D eigenvalue weighted by molar-refractivity contribution is 5.85. The van der Waals surface area contributed by atoms with Crippen LogP contribution in [0.4, 0.5) is 0 Å². The van der Waals surface area contributed by atoms with Gasteiger partial charge in [-0.15, -0.1) is 12.4 Å². The van der Waals surface area contributed by atoms with Gasteiger partial charge in [-0.3, -0.25) is 4.79 Å². The SMILES string of the molecule is CN(C(=O)CC1CC2CCC1C2)C1CC2CCC(C1)N2.Cl. The van der Waals surface area contributed by atoms with Gasteiger partial charge in [0, 0.05) is 31.6 Å². The number of hydrogen-bond acceptors (Lipinski definition) is 2. The lowest BCUT2D eigenvalue weighted by molar-refractivity contribution is -0.134. The molecule has 2 saturated heterocycles. The zero-order chi connectivity index (χ0) is 13.7. The molecule has 4 bridgehead atoms. The molecule has 4 fully saturated rings. The molecule has 21 heavy (non-hydrogen) atoms. The molecule has 0 radical (unpaired) electrons. The van der Waals surface area contributed by atoms with Crippen molar-refractivity contribution in [3.8, 4) is 0 Å². The number of hydrogen-bond donors (Lipinski definition) is 1. The zero-order valence-corrected chi connectivity index (χ0v) is 13.9. The quantitative estimate of drug-likeness (QED) is 0.869. The van der Waals surface area contributed by atoms with E-state index < -0.39 is 0 Å². The highest BCUT2D eigenvalue weighted by Gasteiger charge is 2.41. The smallest absolute Gasteiger partial charge is 0.222 e. The number of carbonyl (C=O) groups is 1. The molecule has 2 heterocycles. The summed E-state index contributed by atoms with van der Waals surface area (Å²) in [5, 5.41) is 3.67. The Morgan fingerprint density at radius 2 is 1.76 bits per heavy atom. The highest BCUT2D eigenvalue weighted by Crippen LogP contribution is 2.49. The van der Waals surface area contributed by atoms with Gasteiger partial charge in [-0.25, -0.2) is 0 Å². The van der Waals surface area contributed by atoms with Gasteiger partial charge in [-0.1, -0.05) is 6.42 Å². The van der Waals surface area contributed by atoms with E-state index in [-0.39, 0.29) is 12.4 Å². The summed E-state index contributed by atoms with van der Waals surface area (Å²) in [6, 6.07) is 1.85. The molecule has 2 aliphatic heterocycles. The lowest BCUT2D eigenvalue weighted by Crippen LogP contribution is -2.49. The minimum atomic E-state index is 0. The molecular weight excluding hydrogens is 284 g/mol. The summed E-state index contributed by atoms with van der Waals surface area (Å²) < 4.78 is 0. The van der Waals surface area contributed by atoms with E-state index in [2.05, 4.69) is 17.3 Å². The second-order valence-electron chi connectivity index (χ2n) is 7.91. The Bertz CT molecular complexity index is 390. The molecule has 2 aliphatic carbocycles. The van der Waals surface area contributed by atoms with E-state index in [1.807, 2.05) is 0 Å². The van der Waals surface area contributed by atoms with Crippen molar-refractivity contribution >= 4 is 18.3 Å². The number of nitrogens with zero attached hydrogens (tertiary/aromatic N) is 1. The topological polar surface area (TPSA) is 32.3 Å². The first kappa shape index (κ1) is 15.6. The summed E-state index contributed by atoms with van der Waals surface area (Å²) in [4.78, 5) is 14.7. The van der Waals surface area contributed by atoms with Crippen LogP contribution in [0.5, 0.6) is 0 Å². The molecule has 1 N–H and O–H groups in total. The number of nitrogens with one attached hydrogen (secondary N) is 1. The maximum Gasteiger partial charge on any atom is 0.222 e. The largest absolute Gasteiger partial charge is 0.343 e. The van der Waals surface area contributed by atoms with Crippen molar-refractivity contribution in [3.63, 3.8) is 0 Å². The molecule has 0 aromatic heterocycles. The number of fused-ring (bicyclic) bond motifs is 4. The van der Waals surface area contributed by atoms with Crippen LogP contribution in [0.15, 0.2) is 0 Å². The zero-order valence-electron chi connectivity index (χ0n) is 13.1. The third kappa shape index (κ3) is 2.96. The minimum absolute atomic E-state index is 0. The summed E-state index contributed by atoms with van der Waals surface area (Å²) in [5.41, 5.74) is 0. The molecule has 120 valence electrons. The van der Waals surface area contributed by atoms with Crippen molar-refractivity contribution in [2.24, 2.45) is 17.8 Å². The fourth-order valence-electron chi connectivity index (χ4n) is 5.54. The van der Waals surface area contributed by atoms with Crippen LogP contribution in [0.25, 0.3) is 0 Å². The molecule has 3 nitrogen and oxygen atoms in total. The van der Waals surface area contributed by atoms with Gasteiger partial charge in [0.2, 0.25) is 5.91 Å². The maximum absolute atomic E-state index is 12.6. The molecule has 4 rings (SSSR count). The summed E-state index contributed by atoms with van der Waals surface area (Å²) in [6.45, 7) is 0. The van der Waals surface area contributed by atoms with Crippen molar-refractivity contribution < 1.29 is 4.79 Å². The minimum Gasteiger partial charge on any atom is -0.343 e. The average molecular weight is 313 g/mol. The summed E-state index contributed by atoms with van der Waals surface area (Å²) in [5.74, 6) is 2.97. The summed E-state index contributed by atoms with van der Waals surface area (Å²) >= 11 is 0. The molecule has 5 atom stereocenters. The van der Waals surface area contributed by atoms with Crippen LogP contribution in [0, 0.1) is 17.8 Å². The van der Waals surface area contributed by atoms with E-state index in [0.29, 0.717) is 30.0 Å². The Kier molecular flexibility index (Phi) is 4.52. The molecular formula is C17H29ClN2O. The van der Waals surface area contributed by atoms with E-state index in [0.717, 1.165) is 18.3 Å². The second-order valence-corrected chi connectivity index (χ2v) is 7.91. The molecule has 5 unspecified atom stereocenters. The van der Waals surface area contributed by atoms with Crippen LogP contribution in [-0.2, 0) is 4.79 Å². The van der Waals surface area contributed by atoms with Crippen molar-refractivity contribution in [1.29, 1.82) is 0 Å². The fraction of sp³-hybridized carbons (Fsp3) is 0.941. The third-order valence-corrected chi connectivity index (χ3v) is 6.71. The first-order valence-electron chi connectivity index (χ1n) is 8.70. The molecule has 0 spiro atoms. The number of piperidine rings is 1. The van der Waals surface area contributed by atoms with Crippen molar-refractivity contribution in [2.45, 2.75) is 75.9 Å². The van der Waals surface area contributed by atoms with Crippen LogP contribution in [0.2, 0.25) is 0 Å². The van der Waals surface area contributed by atoms with Gasteiger partial charge < -0.3 is 10.2 Å². The van der Waals surface area contributed by atoms with Crippen molar-refractivity contribution in [1.82, 2.24) is 10.2 Å². The predicted molar refractivity (Wildman–Crippen MR) is 86.5 cm³/mol. The molecule has 2 saturated carbocycles. The maximum atomic E-state index is 12.6. The number of carbonyl (C=O) groups excluding carboxylic acids is 1. The number of rotatable bonds is 3. The van der Waals surface area contributed by atoms with Gasteiger partial charge in [0.15, 0.2) is 0 Å². The van der Waals surface area contributed by atoms with Gasteiger partial charge in [0.1, 0.15) is 0 Å². The normalized spacial score (nSPS) is 43.7.